The van der Waals surface area contributed by atoms with Crippen LogP contribution in [0.5, 0.6) is 0 Å². The molecule has 1 nitrogen and oxygen atoms in total. The molecule has 2 aliphatic rings. The molecule has 1 aliphatic heterocycles. The van der Waals surface area contributed by atoms with Gasteiger partial charge in [-0.15, -0.1) is 0 Å². The van der Waals surface area contributed by atoms with E-state index in [0.29, 0.717) is 11.8 Å². The summed E-state index contributed by atoms with van der Waals surface area (Å²) in [4.78, 5) is 0. The molecule has 1 saturated heterocycles. The predicted molar refractivity (Wildman–Crippen MR) is 97.4 cm³/mol. The summed E-state index contributed by atoms with van der Waals surface area (Å²) in [5.41, 5.74) is 5.33. The molecule has 1 aromatic carbocycles. The molecule has 1 heterocycles. The van der Waals surface area contributed by atoms with Gasteiger partial charge in [0.05, 0.1) is 11.7 Å². The lowest BCUT2D eigenvalue weighted by atomic mass is 9.65. The van der Waals surface area contributed by atoms with Gasteiger partial charge >= 0.3 is 0 Å². The van der Waals surface area contributed by atoms with Crippen LogP contribution in [0.3, 0.4) is 0 Å². The highest BCUT2D eigenvalue weighted by Crippen LogP contribution is 2.53. The Kier molecular flexibility index (Phi) is 4.51. The SMILES string of the molecule is C=C1CC[C@@H]2C[C@H]1[C@H](c1ccc(C)cc1)O[C@]2(C)CC=C(C)C. The minimum atomic E-state index is -0.0516. The molecular formula is C22H30O. The fourth-order valence-electron chi connectivity index (χ4n) is 4.17. The molecule has 1 aromatic rings. The van der Waals surface area contributed by atoms with Gasteiger partial charge in [0.25, 0.3) is 0 Å². The van der Waals surface area contributed by atoms with E-state index < -0.39 is 0 Å². The Morgan fingerprint density at radius 3 is 2.65 bits per heavy atom. The van der Waals surface area contributed by atoms with Crippen LogP contribution in [0.4, 0.5) is 0 Å². The third kappa shape index (κ3) is 3.30. The number of hydrogen-bond acceptors (Lipinski definition) is 1. The molecule has 0 aromatic heterocycles. The number of fused-ring (bicyclic) bond motifs is 2. The normalized spacial score (nSPS) is 33.4. The van der Waals surface area contributed by atoms with Crippen molar-refractivity contribution in [2.75, 3.05) is 0 Å². The van der Waals surface area contributed by atoms with Crippen LogP contribution in [0.1, 0.15) is 63.7 Å². The smallest absolute Gasteiger partial charge is 0.0897 e. The summed E-state index contributed by atoms with van der Waals surface area (Å²) >= 11 is 0. The third-order valence-electron chi connectivity index (χ3n) is 5.82. The van der Waals surface area contributed by atoms with Gasteiger partial charge < -0.3 is 4.74 Å². The Morgan fingerprint density at radius 2 is 2.00 bits per heavy atom. The van der Waals surface area contributed by atoms with Crippen LogP contribution >= 0.6 is 0 Å². The van der Waals surface area contributed by atoms with Gasteiger partial charge in [0.1, 0.15) is 0 Å². The second-order valence-corrected chi connectivity index (χ2v) is 7.98. The number of aryl methyl sites for hydroxylation is 1. The van der Waals surface area contributed by atoms with Crippen molar-refractivity contribution in [2.24, 2.45) is 11.8 Å². The van der Waals surface area contributed by atoms with Gasteiger partial charge in [-0.3, -0.25) is 0 Å². The van der Waals surface area contributed by atoms with Crippen molar-refractivity contribution in [1.29, 1.82) is 0 Å². The molecule has 0 amide bonds. The van der Waals surface area contributed by atoms with Crippen molar-refractivity contribution in [3.8, 4) is 0 Å². The molecule has 2 fully saturated rings. The van der Waals surface area contributed by atoms with Crippen molar-refractivity contribution >= 4 is 0 Å². The first-order valence-electron chi connectivity index (χ1n) is 8.94. The van der Waals surface area contributed by atoms with Crippen LogP contribution in [0.25, 0.3) is 0 Å². The maximum absolute atomic E-state index is 6.78. The molecule has 2 bridgehead atoms. The number of benzene rings is 1. The summed E-state index contributed by atoms with van der Waals surface area (Å²) in [5.74, 6) is 1.13. The van der Waals surface area contributed by atoms with Crippen molar-refractivity contribution in [2.45, 2.75) is 65.1 Å². The van der Waals surface area contributed by atoms with Crippen LogP contribution in [-0.4, -0.2) is 5.60 Å². The Hall–Kier alpha value is -1.34. The monoisotopic (exact) mass is 310 g/mol. The highest BCUT2D eigenvalue weighted by molar-refractivity contribution is 5.28. The number of rotatable bonds is 3. The minimum absolute atomic E-state index is 0.0516. The fraction of sp³-hybridized carbons (Fsp3) is 0.545. The lowest BCUT2D eigenvalue weighted by Crippen LogP contribution is -2.48. The lowest BCUT2D eigenvalue weighted by Gasteiger charge is -2.52. The van der Waals surface area contributed by atoms with Gasteiger partial charge in [0.2, 0.25) is 0 Å². The molecule has 23 heavy (non-hydrogen) atoms. The zero-order valence-electron chi connectivity index (χ0n) is 15.1. The largest absolute Gasteiger partial charge is 0.366 e. The summed E-state index contributed by atoms with van der Waals surface area (Å²) in [5, 5.41) is 0. The van der Waals surface area contributed by atoms with Crippen LogP contribution in [0.15, 0.2) is 48.1 Å². The first-order chi connectivity index (χ1) is 10.9. The van der Waals surface area contributed by atoms with Crippen LogP contribution in [0, 0.1) is 18.8 Å². The molecule has 0 radical (unpaired) electrons. The van der Waals surface area contributed by atoms with Gasteiger partial charge in [0.15, 0.2) is 0 Å². The number of hydrogen-bond donors (Lipinski definition) is 0. The average molecular weight is 310 g/mol. The number of ether oxygens (including phenoxy) is 1. The van der Waals surface area contributed by atoms with E-state index in [-0.39, 0.29) is 11.7 Å². The lowest BCUT2D eigenvalue weighted by molar-refractivity contribution is -0.181. The van der Waals surface area contributed by atoms with Gasteiger partial charge in [0, 0.05) is 5.92 Å². The maximum Gasteiger partial charge on any atom is 0.0897 e. The predicted octanol–water partition coefficient (Wildman–Crippen LogP) is 6.15. The van der Waals surface area contributed by atoms with E-state index in [1.807, 2.05) is 0 Å². The van der Waals surface area contributed by atoms with E-state index in [9.17, 15) is 0 Å². The Morgan fingerprint density at radius 1 is 1.30 bits per heavy atom. The highest BCUT2D eigenvalue weighted by atomic mass is 16.5. The average Bonchev–Trinajstić information content (AvgIpc) is 2.52. The van der Waals surface area contributed by atoms with E-state index in [4.69, 9.17) is 4.74 Å². The van der Waals surface area contributed by atoms with Gasteiger partial charge in [-0.05, 0) is 64.9 Å². The van der Waals surface area contributed by atoms with E-state index in [0.717, 1.165) is 12.8 Å². The minimum Gasteiger partial charge on any atom is -0.366 e. The van der Waals surface area contributed by atoms with Crippen molar-refractivity contribution < 1.29 is 4.74 Å². The van der Waals surface area contributed by atoms with E-state index in [1.165, 1.54) is 35.1 Å². The van der Waals surface area contributed by atoms with E-state index >= 15 is 0 Å². The molecular weight excluding hydrogens is 280 g/mol. The molecule has 3 rings (SSSR count). The summed E-state index contributed by atoms with van der Waals surface area (Å²) < 4.78 is 6.78. The van der Waals surface area contributed by atoms with Gasteiger partial charge in [-0.2, -0.15) is 0 Å². The first kappa shape index (κ1) is 16.5. The standard InChI is InChI=1S/C22H30O/c1-15(2)12-13-22(5)19-11-8-17(4)20(14-19)21(23-22)18-9-6-16(3)7-10-18/h6-7,9-10,12,19-21H,4,8,11,13-14H2,1-3,5H3/t19-,20-,21+,22-/m1/s1. The number of allylic oxidation sites excluding steroid dienone is 1. The van der Waals surface area contributed by atoms with E-state index in [2.05, 4.69) is 64.6 Å². The molecule has 0 unspecified atom stereocenters. The van der Waals surface area contributed by atoms with Crippen molar-refractivity contribution in [3.63, 3.8) is 0 Å². The first-order valence-corrected chi connectivity index (χ1v) is 8.94. The Labute approximate surface area is 141 Å². The zero-order valence-corrected chi connectivity index (χ0v) is 15.1. The van der Waals surface area contributed by atoms with Gasteiger partial charge in [-0.25, -0.2) is 0 Å². The molecule has 124 valence electrons. The molecule has 0 spiro atoms. The van der Waals surface area contributed by atoms with Crippen molar-refractivity contribution in [3.05, 3.63) is 59.2 Å². The third-order valence-corrected chi connectivity index (χ3v) is 5.82. The molecule has 1 aliphatic carbocycles. The molecule has 1 heteroatoms. The topological polar surface area (TPSA) is 9.23 Å². The fourth-order valence-corrected chi connectivity index (χ4v) is 4.17. The van der Waals surface area contributed by atoms with Crippen LogP contribution < -0.4 is 0 Å². The van der Waals surface area contributed by atoms with Crippen LogP contribution in [-0.2, 0) is 4.74 Å². The summed E-state index contributed by atoms with van der Waals surface area (Å²) in [6.07, 6.45) is 7.13. The van der Waals surface area contributed by atoms with Crippen LogP contribution in [0.2, 0.25) is 0 Å². The summed E-state index contributed by atoms with van der Waals surface area (Å²) in [6, 6.07) is 8.88. The zero-order chi connectivity index (χ0) is 16.6. The van der Waals surface area contributed by atoms with E-state index in [1.54, 1.807) is 0 Å². The Bertz CT molecular complexity index is 605. The highest BCUT2D eigenvalue weighted by Gasteiger charge is 2.48. The summed E-state index contributed by atoms with van der Waals surface area (Å²) in [7, 11) is 0. The summed E-state index contributed by atoms with van der Waals surface area (Å²) in [6.45, 7) is 13.2. The quantitative estimate of drug-likeness (QED) is 0.608. The molecule has 1 saturated carbocycles. The van der Waals surface area contributed by atoms with Crippen molar-refractivity contribution in [1.82, 2.24) is 0 Å². The second-order valence-electron chi connectivity index (χ2n) is 7.98. The Balaban J connectivity index is 1.92. The molecule has 4 atom stereocenters. The second kappa shape index (κ2) is 6.28. The molecule has 0 N–H and O–H groups in total. The maximum atomic E-state index is 6.78. The van der Waals surface area contributed by atoms with Gasteiger partial charge in [-0.1, -0.05) is 53.6 Å².